The van der Waals surface area contributed by atoms with E-state index in [0.29, 0.717) is 5.56 Å². The van der Waals surface area contributed by atoms with Crippen LogP contribution in [-0.2, 0) is 0 Å². The molecule has 0 atom stereocenters. The van der Waals surface area contributed by atoms with E-state index in [1.807, 2.05) is 38.1 Å². The van der Waals surface area contributed by atoms with Crippen LogP contribution in [0.4, 0.5) is 0 Å². The maximum Gasteiger partial charge on any atom is 0.271 e. The minimum Gasteiger partial charge on any atom is -0.318 e. The lowest BCUT2D eigenvalue weighted by Gasteiger charge is -2.08. The highest BCUT2D eigenvalue weighted by molar-refractivity contribution is 5.94. The molecule has 1 aromatic carbocycles. The molecule has 1 N–H and O–H groups in total. The fraction of sp³-hybridized carbons (Fsp3) is 0.105. The number of carbonyl (C=O) groups is 1. The van der Waals surface area contributed by atoms with Crippen LogP contribution >= 0.6 is 0 Å². The molecule has 0 saturated carbocycles. The van der Waals surface area contributed by atoms with Gasteiger partial charge in [-0.05, 0) is 44.2 Å². The number of aromatic nitrogens is 2. The SMILES string of the molecule is Cc1cc(/C=N\NC(=O)c2ccncc2)c(C)n1-c1ccccc1. The van der Waals surface area contributed by atoms with E-state index in [1.54, 1.807) is 30.7 Å². The Bertz CT molecular complexity index is 867. The molecule has 1 amide bonds. The van der Waals surface area contributed by atoms with Crippen molar-refractivity contribution in [3.05, 3.63) is 83.4 Å². The molecule has 5 heteroatoms. The van der Waals surface area contributed by atoms with Crippen LogP contribution in [0, 0.1) is 13.8 Å². The number of benzene rings is 1. The maximum absolute atomic E-state index is 12.0. The van der Waals surface area contributed by atoms with E-state index in [-0.39, 0.29) is 5.91 Å². The number of rotatable bonds is 4. The van der Waals surface area contributed by atoms with Crippen molar-refractivity contribution in [1.82, 2.24) is 15.0 Å². The Morgan fingerprint density at radius 1 is 1.12 bits per heavy atom. The molecule has 3 aromatic rings. The van der Waals surface area contributed by atoms with Crippen molar-refractivity contribution in [2.24, 2.45) is 5.10 Å². The average Bonchev–Trinajstić information content (AvgIpc) is 2.90. The summed E-state index contributed by atoms with van der Waals surface area (Å²) < 4.78 is 2.16. The summed E-state index contributed by atoms with van der Waals surface area (Å²) in [5.74, 6) is -0.259. The number of aryl methyl sites for hydroxylation is 1. The first kappa shape index (κ1) is 15.7. The van der Waals surface area contributed by atoms with E-state index in [2.05, 4.69) is 32.2 Å². The predicted octanol–water partition coefficient (Wildman–Crippen LogP) is 3.25. The molecule has 0 spiro atoms. The second-order valence-corrected chi connectivity index (χ2v) is 5.43. The van der Waals surface area contributed by atoms with Crippen LogP contribution in [0.25, 0.3) is 5.69 Å². The van der Waals surface area contributed by atoms with Gasteiger partial charge in [-0.2, -0.15) is 5.10 Å². The van der Waals surface area contributed by atoms with Crippen molar-refractivity contribution in [3.8, 4) is 5.69 Å². The zero-order valence-corrected chi connectivity index (χ0v) is 13.6. The monoisotopic (exact) mass is 318 g/mol. The number of nitrogens with zero attached hydrogens (tertiary/aromatic N) is 3. The molecule has 0 aliphatic heterocycles. The molecule has 0 saturated heterocycles. The fourth-order valence-corrected chi connectivity index (χ4v) is 2.62. The van der Waals surface area contributed by atoms with Crippen LogP contribution in [0.3, 0.4) is 0 Å². The third-order valence-corrected chi connectivity index (χ3v) is 3.80. The Morgan fingerprint density at radius 3 is 2.54 bits per heavy atom. The first-order valence-corrected chi connectivity index (χ1v) is 7.64. The van der Waals surface area contributed by atoms with Crippen LogP contribution in [0.5, 0.6) is 0 Å². The van der Waals surface area contributed by atoms with Crippen molar-refractivity contribution in [2.45, 2.75) is 13.8 Å². The number of nitrogens with one attached hydrogen (secondary N) is 1. The minimum absolute atomic E-state index is 0.259. The normalized spacial score (nSPS) is 10.9. The van der Waals surface area contributed by atoms with E-state index >= 15 is 0 Å². The van der Waals surface area contributed by atoms with Crippen LogP contribution in [-0.4, -0.2) is 21.7 Å². The number of hydrogen-bond acceptors (Lipinski definition) is 3. The van der Waals surface area contributed by atoms with E-state index in [9.17, 15) is 4.79 Å². The predicted molar refractivity (Wildman–Crippen MR) is 94.5 cm³/mol. The van der Waals surface area contributed by atoms with Gasteiger partial charge in [0.15, 0.2) is 0 Å². The molecule has 0 aliphatic rings. The van der Waals surface area contributed by atoms with Gasteiger partial charge in [0, 0.05) is 40.6 Å². The molecular weight excluding hydrogens is 300 g/mol. The van der Waals surface area contributed by atoms with Crippen LogP contribution in [0.15, 0.2) is 66.0 Å². The van der Waals surface area contributed by atoms with Crippen LogP contribution in [0.1, 0.15) is 27.3 Å². The lowest BCUT2D eigenvalue weighted by Crippen LogP contribution is -2.17. The number of hydrogen-bond donors (Lipinski definition) is 1. The molecule has 24 heavy (non-hydrogen) atoms. The summed E-state index contributed by atoms with van der Waals surface area (Å²) in [6, 6.07) is 15.5. The van der Waals surface area contributed by atoms with Gasteiger partial charge in [-0.15, -0.1) is 0 Å². The number of amides is 1. The molecule has 0 aliphatic carbocycles. The van der Waals surface area contributed by atoms with Gasteiger partial charge in [-0.1, -0.05) is 18.2 Å². The molecule has 5 nitrogen and oxygen atoms in total. The Kier molecular flexibility index (Phi) is 4.52. The third-order valence-electron chi connectivity index (χ3n) is 3.80. The fourth-order valence-electron chi connectivity index (χ4n) is 2.62. The molecule has 2 aromatic heterocycles. The van der Waals surface area contributed by atoms with E-state index < -0.39 is 0 Å². The van der Waals surface area contributed by atoms with Crippen molar-refractivity contribution in [1.29, 1.82) is 0 Å². The minimum atomic E-state index is -0.259. The molecule has 2 heterocycles. The highest BCUT2D eigenvalue weighted by atomic mass is 16.2. The Morgan fingerprint density at radius 2 is 1.83 bits per heavy atom. The van der Waals surface area contributed by atoms with Crippen LogP contribution in [0.2, 0.25) is 0 Å². The smallest absolute Gasteiger partial charge is 0.271 e. The molecule has 3 rings (SSSR count). The summed E-state index contributed by atoms with van der Waals surface area (Å²) >= 11 is 0. The van der Waals surface area contributed by atoms with Crippen molar-refractivity contribution >= 4 is 12.1 Å². The van der Waals surface area contributed by atoms with Gasteiger partial charge in [0.2, 0.25) is 0 Å². The van der Waals surface area contributed by atoms with Gasteiger partial charge >= 0.3 is 0 Å². The van der Waals surface area contributed by atoms with Gasteiger partial charge in [-0.3, -0.25) is 9.78 Å². The van der Waals surface area contributed by atoms with Gasteiger partial charge in [-0.25, -0.2) is 5.43 Å². The van der Waals surface area contributed by atoms with Crippen molar-refractivity contribution < 1.29 is 4.79 Å². The summed E-state index contributed by atoms with van der Waals surface area (Å²) in [5.41, 5.74) is 7.31. The third kappa shape index (κ3) is 3.25. The second-order valence-electron chi connectivity index (χ2n) is 5.43. The highest BCUT2D eigenvalue weighted by Gasteiger charge is 2.09. The van der Waals surface area contributed by atoms with Crippen molar-refractivity contribution in [3.63, 3.8) is 0 Å². The van der Waals surface area contributed by atoms with Gasteiger partial charge in [0.05, 0.1) is 6.21 Å². The number of para-hydroxylation sites is 1. The van der Waals surface area contributed by atoms with E-state index in [1.165, 1.54) is 0 Å². The lowest BCUT2D eigenvalue weighted by molar-refractivity contribution is 0.0955. The zero-order chi connectivity index (χ0) is 16.9. The molecular formula is C19H18N4O. The summed E-state index contributed by atoms with van der Waals surface area (Å²) in [6.07, 6.45) is 4.82. The summed E-state index contributed by atoms with van der Waals surface area (Å²) in [5, 5.41) is 4.07. The Labute approximate surface area is 140 Å². The Balaban J connectivity index is 1.78. The molecule has 0 fully saturated rings. The molecule has 0 radical (unpaired) electrons. The van der Waals surface area contributed by atoms with Gasteiger partial charge in [0.25, 0.3) is 5.91 Å². The van der Waals surface area contributed by atoms with Crippen LogP contribution < -0.4 is 5.43 Å². The summed E-state index contributed by atoms with van der Waals surface area (Å²) in [7, 11) is 0. The zero-order valence-electron chi connectivity index (χ0n) is 13.6. The number of hydrazone groups is 1. The topological polar surface area (TPSA) is 59.3 Å². The second kappa shape index (κ2) is 6.91. The Hall–Kier alpha value is -3.21. The summed E-state index contributed by atoms with van der Waals surface area (Å²) in [6.45, 7) is 4.08. The number of pyridine rings is 1. The first-order chi connectivity index (χ1) is 11.7. The largest absolute Gasteiger partial charge is 0.318 e. The quantitative estimate of drug-likeness (QED) is 0.593. The highest BCUT2D eigenvalue weighted by Crippen LogP contribution is 2.19. The molecule has 120 valence electrons. The average molecular weight is 318 g/mol. The first-order valence-electron chi connectivity index (χ1n) is 7.64. The summed E-state index contributed by atoms with van der Waals surface area (Å²) in [4.78, 5) is 15.8. The number of carbonyl (C=O) groups excluding carboxylic acids is 1. The maximum atomic E-state index is 12.0. The lowest BCUT2D eigenvalue weighted by atomic mass is 10.2. The van der Waals surface area contributed by atoms with Crippen molar-refractivity contribution in [2.75, 3.05) is 0 Å². The molecule has 0 unspecified atom stereocenters. The van der Waals surface area contributed by atoms with E-state index in [0.717, 1.165) is 22.6 Å². The van der Waals surface area contributed by atoms with E-state index in [4.69, 9.17) is 0 Å². The van der Waals surface area contributed by atoms with Gasteiger partial charge < -0.3 is 4.57 Å². The molecule has 0 bridgehead atoms. The van der Waals surface area contributed by atoms with Gasteiger partial charge in [0.1, 0.15) is 0 Å². The standard InChI is InChI=1S/C19H18N4O/c1-14-12-17(15(2)23(14)18-6-4-3-5-7-18)13-21-22-19(24)16-8-10-20-11-9-16/h3-13H,1-2H3,(H,22,24)/b21-13-.